The summed E-state index contributed by atoms with van der Waals surface area (Å²) in [7, 11) is 0. The van der Waals surface area contributed by atoms with E-state index in [0.29, 0.717) is 18.1 Å². The molecule has 0 fully saturated rings. The van der Waals surface area contributed by atoms with Crippen molar-refractivity contribution in [3.8, 4) is 28.4 Å². The highest BCUT2D eigenvalue weighted by Crippen LogP contribution is 2.56. The molecule has 0 aliphatic carbocycles. The van der Waals surface area contributed by atoms with Crippen LogP contribution in [0.5, 0.6) is 17.2 Å². The molecule has 2 atom stereocenters. The lowest BCUT2D eigenvalue weighted by atomic mass is 9.80. The number of hydrogen-bond acceptors (Lipinski definition) is 6. The SMILES string of the molecule is CC(C)(C)COc1ccc2c(c1)C1(N=C(N)O[C@H]1Br)c1cc(-c3cccnc3)ccc1O2. The van der Waals surface area contributed by atoms with Crippen LogP contribution < -0.4 is 15.2 Å². The maximum atomic E-state index is 6.28. The number of halogens is 1. The van der Waals surface area contributed by atoms with E-state index in [1.807, 2.05) is 48.7 Å². The molecule has 3 heterocycles. The van der Waals surface area contributed by atoms with Gasteiger partial charge in [0.25, 0.3) is 6.02 Å². The third kappa shape index (κ3) is 3.50. The zero-order chi connectivity index (χ0) is 22.5. The van der Waals surface area contributed by atoms with E-state index < -0.39 is 10.6 Å². The first-order valence-electron chi connectivity index (χ1n) is 10.4. The Hall–Kier alpha value is -3.06. The van der Waals surface area contributed by atoms with Crippen LogP contribution in [-0.4, -0.2) is 22.6 Å². The molecular weight excluding hydrogens is 470 g/mol. The molecule has 164 valence electrons. The number of pyridine rings is 1. The van der Waals surface area contributed by atoms with Crippen LogP contribution >= 0.6 is 15.9 Å². The Kier molecular flexibility index (Phi) is 4.89. The smallest absolute Gasteiger partial charge is 0.284 e. The van der Waals surface area contributed by atoms with Crippen LogP contribution in [0.25, 0.3) is 11.1 Å². The largest absolute Gasteiger partial charge is 0.493 e. The van der Waals surface area contributed by atoms with Crippen LogP contribution in [-0.2, 0) is 10.3 Å². The van der Waals surface area contributed by atoms with E-state index in [4.69, 9.17) is 24.9 Å². The van der Waals surface area contributed by atoms with Crippen LogP contribution in [0.3, 0.4) is 0 Å². The molecule has 3 aromatic rings. The second-order valence-corrected chi connectivity index (χ2v) is 10.0. The molecule has 1 spiro atoms. The first-order valence-corrected chi connectivity index (χ1v) is 11.3. The third-order valence-corrected chi connectivity index (χ3v) is 6.33. The van der Waals surface area contributed by atoms with Gasteiger partial charge in [0.15, 0.2) is 10.6 Å². The van der Waals surface area contributed by atoms with Gasteiger partial charge in [-0.25, -0.2) is 4.99 Å². The number of rotatable bonds is 3. The van der Waals surface area contributed by atoms with Gasteiger partial charge in [0.1, 0.15) is 17.2 Å². The van der Waals surface area contributed by atoms with E-state index in [1.165, 1.54) is 0 Å². The topological polar surface area (TPSA) is 79.0 Å². The van der Waals surface area contributed by atoms with E-state index in [1.54, 1.807) is 6.20 Å². The first-order chi connectivity index (χ1) is 15.3. The number of nitrogens with zero attached hydrogens (tertiary/aromatic N) is 2. The van der Waals surface area contributed by atoms with E-state index in [-0.39, 0.29) is 11.4 Å². The van der Waals surface area contributed by atoms with Gasteiger partial charge in [-0.15, -0.1) is 0 Å². The maximum Gasteiger partial charge on any atom is 0.284 e. The number of aliphatic imine (C=N–C) groups is 1. The van der Waals surface area contributed by atoms with Gasteiger partial charge >= 0.3 is 0 Å². The summed E-state index contributed by atoms with van der Waals surface area (Å²) < 4.78 is 18.2. The van der Waals surface area contributed by atoms with Crippen molar-refractivity contribution in [2.45, 2.75) is 31.3 Å². The highest BCUT2D eigenvalue weighted by Gasteiger charge is 2.53. The van der Waals surface area contributed by atoms with Gasteiger partial charge in [0.05, 0.1) is 6.61 Å². The lowest BCUT2D eigenvalue weighted by Gasteiger charge is -2.36. The molecule has 5 rings (SSSR count). The molecule has 0 radical (unpaired) electrons. The highest BCUT2D eigenvalue weighted by molar-refractivity contribution is 9.09. The van der Waals surface area contributed by atoms with Crippen molar-refractivity contribution < 1.29 is 14.2 Å². The molecule has 2 aromatic carbocycles. The van der Waals surface area contributed by atoms with Crippen LogP contribution in [0, 0.1) is 5.41 Å². The molecule has 1 unspecified atom stereocenters. The fourth-order valence-corrected chi connectivity index (χ4v) is 4.77. The summed E-state index contributed by atoms with van der Waals surface area (Å²) in [5.74, 6) is 2.15. The zero-order valence-corrected chi connectivity index (χ0v) is 19.7. The Morgan fingerprint density at radius 2 is 1.81 bits per heavy atom. The van der Waals surface area contributed by atoms with Gasteiger partial charge in [-0.3, -0.25) is 4.98 Å². The minimum Gasteiger partial charge on any atom is -0.493 e. The minimum absolute atomic E-state index is 0.0340. The van der Waals surface area contributed by atoms with Crippen LogP contribution in [0.4, 0.5) is 0 Å². The summed E-state index contributed by atoms with van der Waals surface area (Å²) in [6, 6.07) is 15.9. The fourth-order valence-electron chi connectivity index (χ4n) is 3.99. The summed E-state index contributed by atoms with van der Waals surface area (Å²) in [6.07, 6.45) is 3.59. The Bertz CT molecular complexity index is 1210. The van der Waals surface area contributed by atoms with Crippen molar-refractivity contribution >= 4 is 22.0 Å². The highest BCUT2D eigenvalue weighted by atomic mass is 79.9. The summed E-state index contributed by atoms with van der Waals surface area (Å²) in [5.41, 5.74) is 8.89. The Morgan fingerprint density at radius 1 is 1.06 bits per heavy atom. The first kappa shape index (κ1) is 20.8. The minimum atomic E-state index is -0.910. The molecule has 32 heavy (non-hydrogen) atoms. The van der Waals surface area contributed by atoms with E-state index in [0.717, 1.165) is 28.0 Å². The van der Waals surface area contributed by atoms with Crippen molar-refractivity contribution in [2.24, 2.45) is 16.1 Å². The number of fused-ring (bicyclic) bond motifs is 4. The third-order valence-electron chi connectivity index (χ3n) is 5.48. The molecular formula is C25H24BrN3O3. The van der Waals surface area contributed by atoms with Crippen LogP contribution in [0.15, 0.2) is 65.9 Å². The number of benzene rings is 2. The standard InChI is InChI=1S/C25H24BrN3O3/c1-24(2,3)14-30-17-7-9-21-19(12-17)25(22(26)32-23(27)29-25)18-11-15(6-8-20(18)31-21)16-5-4-10-28-13-16/h4-13,22H,14H2,1-3H3,(H2,27,29)/t22-,25?/m1/s1. The number of nitrogens with two attached hydrogens (primary N) is 1. The summed E-state index contributed by atoms with van der Waals surface area (Å²) in [5, 5.41) is -0.501. The van der Waals surface area contributed by atoms with Gasteiger partial charge in [-0.2, -0.15) is 0 Å². The van der Waals surface area contributed by atoms with Gasteiger partial charge in [0, 0.05) is 29.1 Å². The average molecular weight is 494 g/mol. The Labute approximate surface area is 195 Å². The number of aromatic nitrogens is 1. The summed E-state index contributed by atoms with van der Waals surface area (Å²) in [4.78, 5) is 9.05. The van der Waals surface area contributed by atoms with Crippen molar-refractivity contribution in [2.75, 3.05) is 6.61 Å². The number of amidine groups is 1. The molecule has 0 amide bonds. The lowest BCUT2D eigenvalue weighted by molar-refractivity contribution is 0.196. The van der Waals surface area contributed by atoms with Gasteiger partial charge in [-0.05, 0) is 63.3 Å². The van der Waals surface area contributed by atoms with Gasteiger partial charge < -0.3 is 19.9 Å². The molecule has 2 aliphatic rings. The molecule has 0 saturated heterocycles. The molecule has 6 nitrogen and oxygen atoms in total. The van der Waals surface area contributed by atoms with Crippen LogP contribution in [0.2, 0.25) is 0 Å². The summed E-state index contributed by atoms with van der Waals surface area (Å²) in [6.45, 7) is 6.99. The maximum absolute atomic E-state index is 6.28. The van der Waals surface area contributed by atoms with Crippen molar-refractivity contribution in [3.05, 3.63) is 72.1 Å². The Balaban J connectivity index is 1.66. The predicted molar refractivity (Wildman–Crippen MR) is 127 cm³/mol. The summed E-state index contributed by atoms with van der Waals surface area (Å²) >= 11 is 3.69. The molecule has 7 heteroatoms. The lowest BCUT2D eigenvalue weighted by Crippen LogP contribution is -2.36. The van der Waals surface area contributed by atoms with Crippen molar-refractivity contribution in [1.82, 2.24) is 4.98 Å². The molecule has 1 aromatic heterocycles. The van der Waals surface area contributed by atoms with Gasteiger partial charge in [0.2, 0.25) is 0 Å². The van der Waals surface area contributed by atoms with E-state index in [2.05, 4.69) is 47.8 Å². The van der Waals surface area contributed by atoms with Crippen molar-refractivity contribution in [3.63, 3.8) is 0 Å². The number of ether oxygens (including phenoxy) is 3. The Morgan fingerprint density at radius 3 is 2.47 bits per heavy atom. The monoisotopic (exact) mass is 493 g/mol. The molecule has 0 saturated carbocycles. The quantitative estimate of drug-likeness (QED) is 0.481. The fraction of sp³-hybridized carbons (Fsp3) is 0.280. The predicted octanol–water partition coefficient (Wildman–Crippen LogP) is 5.59. The average Bonchev–Trinajstić information content (AvgIpc) is 3.07. The number of alkyl halides is 1. The number of hydrogen-bond donors (Lipinski definition) is 1. The van der Waals surface area contributed by atoms with E-state index in [9.17, 15) is 0 Å². The molecule has 0 bridgehead atoms. The van der Waals surface area contributed by atoms with Crippen molar-refractivity contribution in [1.29, 1.82) is 0 Å². The van der Waals surface area contributed by atoms with Crippen LogP contribution in [0.1, 0.15) is 31.9 Å². The normalized spacial score (nSPS) is 21.2. The second kappa shape index (κ2) is 7.52. The van der Waals surface area contributed by atoms with E-state index >= 15 is 0 Å². The molecule has 2 N–H and O–H groups in total. The second-order valence-electron chi connectivity index (χ2n) is 9.21. The molecule has 2 aliphatic heterocycles. The zero-order valence-electron chi connectivity index (χ0n) is 18.1. The van der Waals surface area contributed by atoms with Gasteiger partial charge in [-0.1, -0.05) is 32.9 Å².